The summed E-state index contributed by atoms with van der Waals surface area (Å²) in [7, 11) is 0. The van der Waals surface area contributed by atoms with Crippen molar-refractivity contribution in [3.05, 3.63) is 0 Å². The predicted octanol–water partition coefficient (Wildman–Crippen LogP) is 1.36. The molecule has 4 heteroatoms. The predicted molar refractivity (Wildman–Crippen MR) is 61.7 cm³/mol. The van der Waals surface area contributed by atoms with Gasteiger partial charge in [-0.15, -0.1) is 0 Å². The summed E-state index contributed by atoms with van der Waals surface area (Å²) in [5, 5.41) is 5.92. The topological polar surface area (TPSA) is 67.2 Å². The van der Waals surface area contributed by atoms with E-state index in [9.17, 15) is 4.79 Å². The zero-order valence-corrected chi connectivity index (χ0v) is 10.0. The minimum atomic E-state index is -0.196. The largest absolute Gasteiger partial charge is 0.334 e. The van der Waals surface area contributed by atoms with Crippen molar-refractivity contribution in [1.29, 1.82) is 0 Å². The van der Waals surface area contributed by atoms with Crippen LogP contribution in [0.2, 0.25) is 0 Å². The van der Waals surface area contributed by atoms with Gasteiger partial charge in [-0.25, -0.2) is 4.79 Å². The van der Waals surface area contributed by atoms with Crippen molar-refractivity contribution in [2.45, 2.75) is 57.5 Å². The average Bonchev–Trinajstić information content (AvgIpc) is 2.50. The summed E-state index contributed by atoms with van der Waals surface area (Å²) in [5.41, 5.74) is 5.38. The van der Waals surface area contributed by atoms with Crippen LogP contribution in [0.25, 0.3) is 0 Å². The van der Waals surface area contributed by atoms with Crippen LogP contribution in [0, 0.1) is 0 Å². The monoisotopic (exact) mass is 213 g/mol. The summed E-state index contributed by atoms with van der Waals surface area (Å²) >= 11 is 0. The highest BCUT2D eigenvalue weighted by atomic mass is 16.2. The Kier molecular flexibility index (Phi) is 3.60. The van der Waals surface area contributed by atoms with E-state index < -0.39 is 0 Å². The maximum Gasteiger partial charge on any atom is 0.315 e. The van der Waals surface area contributed by atoms with Crippen molar-refractivity contribution in [2.75, 3.05) is 6.54 Å². The molecule has 0 aromatic rings. The highest BCUT2D eigenvalue weighted by Crippen LogP contribution is 2.28. The van der Waals surface area contributed by atoms with Gasteiger partial charge in [-0.2, -0.15) is 0 Å². The first-order valence-corrected chi connectivity index (χ1v) is 5.67. The Labute approximate surface area is 92.0 Å². The molecular formula is C11H23N3O. The molecule has 0 spiro atoms. The van der Waals surface area contributed by atoms with E-state index >= 15 is 0 Å². The molecule has 0 aromatic carbocycles. The van der Waals surface area contributed by atoms with Crippen molar-refractivity contribution in [1.82, 2.24) is 10.6 Å². The second-order valence-electron chi connectivity index (χ2n) is 5.52. The molecule has 0 aromatic heterocycles. The number of amides is 2. The van der Waals surface area contributed by atoms with Crippen LogP contribution in [0.3, 0.4) is 0 Å². The number of carbonyl (C=O) groups is 1. The molecule has 1 aliphatic carbocycles. The first kappa shape index (κ1) is 12.3. The molecule has 4 nitrogen and oxygen atoms in total. The fraction of sp³-hybridized carbons (Fsp3) is 0.909. The number of hydrogen-bond donors (Lipinski definition) is 3. The van der Waals surface area contributed by atoms with Crippen LogP contribution in [0.15, 0.2) is 0 Å². The van der Waals surface area contributed by atoms with Gasteiger partial charge in [0.15, 0.2) is 0 Å². The van der Waals surface area contributed by atoms with Gasteiger partial charge in [0, 0.05) is 12.1 Å². The molecule has 0 atom stereocenters. The van der Waals surface area contributed by atoms with Gasteiger partial charge in [-0.1, -0.05) is 12.8 Å². The summed E-state index contributed by atoms with van der Waals surface area (Å²) in [6.45, 7) is 6.44. The number of hydrogen-bond acceptors (Lipinski definition) is 2. The second kappa shape index (κ2) is 4.39. The smallest absolute Gasteiger partial charge is 0.315 e. The lowest BCUT2D eigenvalue weighted by atomic mass is 9.98. The van der Waals surface area contributed by atoms with E-state index in [1.807, 2.05) is 20.8 Å². The van der Waals surface area contributed by atoms with Gasteiger partial charge in [-0.3, -0.25) is 0 Å². The van der Waals surface area contributed by atoms with E-state index in [1.165, 1.54) is 0 Å². The van der Waals surface area contributed by atoms with Crippen LogP contribution in [0.4, 0.5) is 4.79 Å². The minimum absolute atomic E-state index is 0.102. The van der Waals surface area contributed by atoms with Crippen molar-refractivity contribution in [3.63, 3.8) is 0 Å². The molecule has 0 saturated heterocycles. The number of rotatable bonds is 2. The van der Waals surface area contributed by atoms with E-state index in [4.69, 9.17) is 5.73 Å². The second-order valence-corrected chi connectivity index (χ2v) is 5.52. The maximum atomic E-state index is 11.7. The Bertz CT molecular complexity index is 226. The van der Waals surface area contributed by atoms with Gasteiger partial charge in [-0.05, 0) is 33.6 Å². The molecule has 1 saturated carbocycles. The van der Waals surface area contributed by atoms with Crippen molar-refractivity contribution in [3.8, 4) is 0 Å². The lowest BCUT2D eigenvalue weighted by Gasteiger charge is -2.31. The lowest BCUT2D eigenvalue weighted by molar-refractivity contribution is 0.217. The summed E-state index contributed by atoms with van der Waals surface area (Å²) in [4.78, 5) is 11.7. The molecule has 1 fully saturated rings. The summed E-state index contributed by atoms with van der Waals surface area (Å²) in [5.74, 6) is 0. The Morgan fingerprint density at radius 3 is 2.27 bits per heavy atom. The molecule has 2 amide bonds. The fourth-order valence-corrected chi connectivity index (χ4v) is 2.04. The van der Waals surface area contributed by atoms with Crippen LogP contribution in [-0.2, 0) is 0 Å². The average molecular weight is 213 g/mol. The summed E-state index contributed by atoms with van der Waals surface area (Å²) in [6.07, 6.45) is 4.32. The SMILES string of the molecule is CC(C)(C)NC(=O)NC1(CN)CCCC1. The highest BCUT2D eigenvalue weighted by Gasteiger charge is 2.34. The number of urea groups is 1. The number of nitrogens with one attached hydrogen (secondary N) is 2. The molecule has 1 rings (SSSR count). The Balaban J connectivity index is 2.49. The van der Waals surface area contributed by atoms with Crippen molar-refractivity contribution in [2.24, 2.45) is 5.73 Å². The Hall–Kier alpha value is -0.770. The normalized spacial score (nSPS) is 20.0. The standard InChI is InChI=1S/C11H23N3O/c1-10(2,3)13-9(15)14-11(8-12)6-4-5-7-11/h4-8,12H2,1-3H3,(H2,13,14,15). The zero-order chi connectivity index (χ0) is 11.5. The molecule has 0 heterocycles. The van der Waals surface area contributed by atoms with E-state index in [0.29, 0.717) is 6.54 Å². The number of carbonyl (C=O) groups excluding carboxylic acids is 1. The zero-order valence-electron chi connectivity index (χ0n) is 10.0. The van der Waals surface area contributed by atoms with E-state index in [2.05, 4.69) is 10.6 Å². The summed E-state index contributed by atoms with van der Waals surface area (Å²) in [6, 6.07) is -0.102. The fourth-order valence-electron chi connectivity index (χ4n) is 2.04. The molecule has 88 valence electrons. The third-order valence-corrected chi connectivity index (χ3v) is 2.82. The van der Waals surface area contributed by atoms with Gasteiger partial charge >= 0.3 is 6.03 Å². The third-order valence-electron chi connectivity index (χ3n) is 2.82. The molecular weight excluding hydrogens is 190 g/mol. The lowest BCUT2D eigenvalue weighted by Crippen LogP contribution is -2.57. The maximum absolute atomic E-state index is 11.7. The van der Waals surface area contributed by atoms with Crippen LogP contribution < -0.4 is 16.4 Å². The van der Waals surface area contributed by atoms with Crippen LogP contribution in [-0.4, -0.2) is 23.7 Å². The molecule has 1 aliphatic rings. The van der Waals surface area contributed by atoms with Gasteiger partial charge in [0.2, 0.25) is 0 Å². The molecule has 0 unspecified atom stereocenters. The molecule has 0 radical (unpaired) electrons. The highest BCUT2D eigenvalue weighted by molar-refractivity contribution is 5.75. The Morgan fingerprint density at radius 2 is 1.87 bits per heavy atom. The van der Waals surface area contributed by atoms with Gasteiger partial charge in [0.1, 0.15) is 0 Å². The first-order valence-electron chi connectivity index (χ1n) is 5.67. The quantitative estimate of drug-likeness (QED) is 0.648. The van der Waals surface area contributed by atoms with Gasteiger partial charge in [0.25, 0.3) is 0 Å². The van der Waals surface area contributed by atoms with E-state index in [-0.39, 0.29) is 17.1 Å². The first-order chi connectivity index (χ1) is 6.87. The van der Waals surface area contributed by atoms with Gasteiger partial charge in [0.05, 0.1) is 5.54 Å². The number of nitrogens with two attached hydrogens (primary N) is 1. The van der Waals surface area contributed by atoms with Crippen molar-refractivity contribution >= 4 is 6.03 Å². The van der Waals surface area contributed by atoms with Crippen molar-refractivity contribution < 1.29 is 4.79 Å². The van der Waals surface area contributed by atoms with Gasteiger partial charge < -0.3 is 16.4 Å². The molecule has 0 aliphatic heterocycles. The molecule has 4 N–H and O–H groups in total. The summed E-state index contributed by atoms with van der Waals surface area (Å²) < 4.78 is 0. The van der Waals surface area contributed by atoms with E-state index in [1.54, 1.807) is 0 Å². The minimum Gasteiger partial charge on any atom is -0.334 e. The van der Waals surface area contributed by atoms with Crippen LogP contribution in [0.1, 0.15) is 46.5 Å². The Morgan fingerprint density at radius 1 is 1.33 bits per heavy atom. The van der Waals surface area contributed by atoms with Crippen LogP contribution in [0.5, 0.6) is 0 Å². The molecule has 0 bridgehead atoms. The molecule has 15 heavy (non-hydrogen) atoms. The van der Waals surface area contributed by atoms with E-state index in [0.717, 1.165) is 25.7 Å². The van der Waals surface area contributed by atoms with Crippen LogP contribution >= 0.6 is 0 Å². The third kappa shape index (κ3) is 3.70.